The normalized spacial score (nSPS) is 13.7. The van der Waals surface area contributed by atoms with E-state index in [-0.39, 0.29) is 18.8 Å². The maximum absolute atomic E-state index is 11.3. The van der Waals surface area contributed by atoms with Crippen molar-refractivity contribution in [2.45, 2.75) is 38.6 Å². The molecule has 0 rings (SSSR count). The predicted molar refractivity (Wildman–Crippen MR) is 69.0 cm³/mol. The molecule has 0 spiro atoms. The van der Waals surface area contributed by atoms with Crippen molar-refractivity contribution in [3.63, 3.8) is 0 Å². The fraction of sp³-hybridized carbons (Fsp3) is 0.818. The van der Waals surface area contributed by atoms with E-state index in [9.17, 15) is 13.8 Å². The van der Waals surface area contributed by atoms with E-state index >= 15 is 0 Å². The van der Waals surface area contributed by atoms with Crippen LogP contribution in [0.15, 0.2) is 0 Å². The number of hydrogen-bond acceptors (Lipinski definition) is 4. The van der Waals surface area contributed by atoms with E-state index in [0.29, 0.717) is 0 Å². The lowest BCUT2D eigenvalue weighted by molar-refractivity contribution is -0.139. The number of carboxylic acid groups (broad SMARTS) is 1. The number of ether oxygens (including phenoxy) is 1. The summed E-state index contributed by atoms with van der Waals surface area (Å²) < 4.78 is 15.7. The van der Waals surface area contributed by atoms with Crippen LogP contribution in [0.1, 0.15) is 32.6 Å². The Kier molecular flexibility index (Phi) is 9.26. The lowest BCUT2D eigenvalue weighted by Crippen LogP contribution is -2.42. The van der Waals surface area contributed by atoms with Gasteiger partial charge < -0.3 is 15.2 Å². The molecule has 0 aromatic carbocycles. The van der Waals surface area contributed by atoms with Gasteiger partial charge in [-0.2, -0.15) is 0 Å². The van der Waals surface area contributed by atoms with Crippen LogP contribution < -0.4 is 5.32 Å². The zero-order valence-corrected chi connectivity index (χ0v) is 11.6. The van der Waals surface area contributed by atoms with Gasteiger partial charge in [0.15, 0.2) is 0 Å². The third-order valence-electron chi connectivity index (χ3n) is 2.27. The maximum atomic E-state index is 11.3. The third kappa shape index (κ3) is 8.98. The molecule has 106 valence electrons. The van der Waals surface area contributed by atoms with Crippen LogP contribution in [0, 0.1) is 0 Å². The highest BCUT2D eigenvalue weighted by Crippen LogP contribution is 1.98. The Morgan fingerprint density at radius 3 is 2.56 bits per heavy atom. The molecule has 1 unspecified atom stereocenters. The molecule has 0 fully saturated rings. The highest BCUT2D eigenvalue weighted by molar-refractivity contribution is 7.84. The lowest BCUT2D eigenvalue weighted by Gasteiger charge is -2.13. The van der Waals surface area contributed by atoms with E-state index in [1.54, 1.807) is 0 Å². The molecule has 2 N–H and O–H groups in total. The number of carbonyl (C=O) groups excluding carboxylic acids is 1. The second-order valence-electron chi connectivity index (χ2n) is 3.94. The van der Waals surface area contributed by atoms with Crippen LogP contribution in [0.2, 0.25) is 0 Å². The van der Waals surface area contributed by atoms with E-state index in [1.807, 2.05) is 6.92 Å². The second kappa shape index (κ2) is 9.87. The van der Waals surface area contributed by atoms with Gasteiger partial charge in [-0.25, -0.2) is 9.59 Å². The Balaban J connectivity index is 3.96. The van der Waals surface area contributed by atoms with Gasteiger partial charge in [0.1, 0.15) is 6.04 Å². The zero-order chi connectivity index (χ0) is 14.0. The Labute approximate surface area is 110 Å². The molecule has 0 aliphatic heterocycles. The maximum Gasteiger partial charge on any atom is 0.407 e. The van der Waals surface area contributed by atoms with Crippen LogP contribution in [0.4, 0.5) is 4.79 Å². The van der Waals surface area contributed by atoms with Crippen LogP contribution in [0.3, 0.4) is 0 Å². The lowest BCUT2D eigenvalue weighted by atomic mass is 10.2. The monoisotopic (exact) mass is 279 g/mol. The summed E-state index contributed by atoms with van der Waals surface area (Å²) in [4.78, 5) is 22.1. The van der Waals surface area contributed by atoms with E-state index in [1.165, 1.54) is 6.26 Å². The van der Waals surface area contributed by atoms with Crippen LogP contribution in [-0.4, -0.2) is 46.0 Å². The van der Waals surface area contributed by atoms with Crippen LogP contribution in [-0.2, 0) is 20.3 Å². The Morgan fingerprint density at radius 1 is 1.39 bits per heavy atom. The van der Waals surface area contributed by atoms with E-state index in [0.717, 1.165) is 19.3 Å². The summed E-state index contributed by atoms with van der Waals surface area (Å²) in [7, 11) is -1.08. The second-order valence-corrected chi connectivity index (χ2v) is 5.50. The molecule has 0 aliphatic rings. The first-order valence-electron chi connectivity index (χ1n) is 5.93. The number of rotatable bonds is 9. The first-order valence-corrected chi connectivity index (χ1v) is 7.66. The summed E-state index contributed by atoms with van der Waals surface area (Å²) in [6.07, 6.45) is 3.63. The molecule has 0 saturated carbocycles. The molecule has 0 saturated heterocycles. The summed E-state index contributed by atoms with van der Waals surface area (Å²) >= 11 is 0. The largest absolute Gasteiger partial charge is 0.480 e. The Morgan fingerprint density at radius 2 is 2.06 bits per heavy atom. The van der Waals surface area contributed by atoms with E-state index < -0.39 is 28.9 Å². The van der Waals surface area contributed by atoms with Crippen molar-refractivity contribution in [3.05, 3.63) is 0 Å². The van der Waals surface area contributed by atoms with Crippen molar-refractivity contribution >= 4 is 22.9 Å². The molecular formula is C11H21NO5S. The average Bonchev–Trinajstić information content (AvgIpc) is 2.29. The SMILES string of the molecule is CCCCCOC(=O)N[C@@H](CCS(C)=O)C(=O)O. The fourth-order valence-corrected chi connectivity index (χ4v) is 1.81. The highest BCUT2D eigenvalue weighted by Gasteiger charge is 2.20. The quantitative estimate of drug-likeness (QED) is 0.617. The number of carboxylic acids is 1. The van der Waals surface area contributed by atoms with Gasteiger partial charge in [-0.3, -0.25) is 4.21 Å². The molecule has 18 heavy (non-hydrogen) atoms. The first-order chi connectivity index (χ1) is 8.47. The van der Waals surface area contributed by atoms with Gasteiger partial charge in [-0.05, 0) is 12.8 Å². The van der Waals surface area contributed by atoms with E-state index in [2.05, 4.69) is 5.32 Å². The minimum absolute atomic E-state index is 0.127. The Bertz CT molecular complexity index is 295. The number of aliphatic carboxylic acids is 1. The van der Waals surface area contributed by atoms with E-state index in [4.69, 9.17) is 9.84 Å². The molecule has 0 aromatic heterocycles. The summed E-state index contributed by atoms with van der Waals surface area (Å²) in [5, 5.41) is 11.1. The minimum Gasteiger partial charge on any atom is -0.480 e. The van der Waals surface area contributed by atoms with Crippen molar-refractivity contribution in [1.29, 1.82) is 0 Å². The number of amides is 1. The van der Waals surface area contributed by atoms with Gasteiger partial charge in [0.25, 0.3) is 0 Å². The van der Waals surface area contributed by atoms with Crippen LogP contribution in [0.25, 0.3) is 0 Å². The van der Waals surface area contributed by atoms with Gasteiger partial charge in [0.05, 0.1) is 6.61 Å². The standard InChI is InChI=1S/C11H21NO5S/c1-3-4-5-7-17-11(15)12-9(10(13)14)6-8-18(2)16/h9H,3-8H2,1-2H3,(H,12,15)(H,13,14)/t9-,18?/m0/s1. The number of carbonyl (C=O) groups is 2. The molecule has 0 aliphatic carbocycles. The van der Waals surface area contributed by atoms with Crippen LogP contribution in [0.5, 0.6) is 0 Å². The summed E-state index contributed by atoms with van der Waals surface area (Å²) in [5.41, 5.74) is 0. The molecule has 6 nitrogen and oxygen atoms in total. The number of nitrogens with one attached hydrogen (secondary N) is 1. The van der Waals surface area contributed by atoms with Crippen molar-refractivity contribution in [1.82, 2.24) is 5.32 Å². The summed E-state index contributed by atoms with van der Waals surface area (Å²) in [6.45, 7) is 2.32. The van der Waals surface area contributed by atoms with Crippen molar-refractivity contribution in [2.75, 3.05) is 18.6 Å². The Hall–Kier alpha value is -1.11. The van der Waals surface area contributed by atoms with Crippen LogP contribution >= 0.6 is 0 Å². The average molecular weight is 279 g/mol. The number of unbranched alkanes of at least 4 members (excludes halogenated alkanes) is 2. The highest BCUT2D eigenvalue weighted by atomic mass is 32.2. The number of alkyl carbamates (subject to hydrolysis) is 1. The molecule has 0 heterocycles. The molecule has 1 amide bonds. The molecular weight excluding hydrogens is 258 g/mol. The van der Waals surface area contributed by atoms with Gasteiger partial charge in [-0.1, -0.05) is 19.8 Å². The topological polar surface area (TPSA) is 92.7 Å². The van der Waals surface area contributed by atoms with Gasteiger partial charge in [-0.15, -0.1) is 0 Å². The van der Waals surface area contributed by atoms with Gasteiger partial charge >= 0.3 is 12.1 Å². The summed E-state index contributed by atoms with van der Waals surface area (Å²) in [5.74, 6) is -0.918. The molecule has 0 aromatic rings. The van der Waals surface area contributed by atoms with Gasteiger partial charge in [0, 0.05) is 22.8 Å². The molecule has 0 radical (unpaired) electrons. The zero-order valence-electron chi connectivity index (χ0n) is 10.8. The van der Waals surface area contributed by atoms with Gasteiger partial charge in [0.2, 0.25) is 0 Å². The number of hydrogen-bond donors (Lipinski definition) is 2. The fourth-order valence-electron chi connectivity index (χ4n) is 1.24. The third-order valence-corrected chi connectivity index (χ3v) is 3.08. The predicted octanol–water partition coefficient (Wildman–Crippen LogP) is 1.12. The van der Waals surface area contributed by atoms with Crippen molar-refractivity contribution in [2.24, 2.45) is 0 Å². The molecule has 0 bridgehead atoms. The molecule has 2 atom stereocenters. The smallest absolute Gasteiger partial charge is 0.407 e. The molecule has 7 heteroatoms. The van der Waals surface area contributed by atoms with Crippen molar-refractivity contribution in [3.8, 4) is 0 Å². The minimum atomic E-state index is -1.15. The van der Waals surface area contributed by atoms with Crippen molar-refractivity contribution < 1.29 is 23.6 Å². The first kappa shape index (κ1) is 16.9. The summed E-state index contributed by atoms with van der Waals surface area (Å²) in [6, 6.07) is -1.05.